The largest absolute Gasteiger partial charge is 0.508 e. The standard InChI is InChI=1S/C13H18N2O2/c1-10-9-11(16)3-4-12(10)13(17)15-7-2-5-14-6-8-15/h3-4,9,14,16H,2,5-8H2,1H3. The van der Waals surface area contributed by atoms with Crippen LogP contribution in [0.2, 0.25) is 0 Å². The molecule has 1 saturated heterocycles. The van der Waals surface area contributed by atoms with Crippen molar-refractivity contribution in [3.63, 3.8) is 0 Å². The van der Waals surface area contributed by atoms with Crippen LogP contribution < -0.4 is 5.32 Å². The number of benzene rings is 1. The number of aryl methyl sites for hydroxylation is 1. The number of rotatable bonds is 1. The number of phenols is 1. The van der Waals surface area contributed by atoms with Gasteiger partial charge in [0, 0.05) is 25.2 Å². The van der Waals surface area contributed by atoms with Gasteiger partial charge in [-0.1, -0.05) is 0 Å². The first-order valence-corrected chi connectivity index (χ1v) is 5.98. The van der Waals surface area contributed by atoms with Gasteiger partial charge >= 0.3 is 0 Å². The summed E-state index contributed by atoms with van der Waals surface area (Å²) in [5, 5.41) is 12.6. The van der Waals surface area contributed by atoms with Crippen LogP contribution in [0, 0.1) is 6.92 Å². The zero-order valence-electron chi connectivity index (χ0n) is 10.1. The minimum Gasteiger partial charge on any atom is -0.508 e. The van der Waals surface area contributed by atoms with Gasteiger partial charge in [0.05, 0.1) is 0 Å². The first kappa shape index (κ1) is 11.9. The Morgan fingerprint density at radius 2 is 2.18 bits per heavy atom. The molecule has 1 amide bonds. The Morgan fingerprint density at radius 1 is 1.35 bits per heavy atom. The number of amides is 1. The van der Waals surface area contributed by atoms with Crippen molar-refractivity contribution in [1.29, 1.82) is 0 Å². The Balaban J connectivity index is 2.17. The van der Waals surface area contributed by atoms with Crippen LogP contribution in [0.3, 0.4) is 0 Å². The maximum atomic E-state index is 12.3. The Morgan fingerprint density at radius 3 is 2.94 bits per heavy atom. The van der Waals surface area contributed by atoms with Crippen LogP contribution >= 0.6 is 0 Å². The average molecular weight is 234 g/mol. The lowest BCUT2D eigenvalue weighted by Gasteiger charge is -2.21. The molecule has 1 aliphatic rings. The van der Waals surface area contributed by atoms with Gasteiger partial charge in [-0.2, -0.15) is 0 Å². The summed E-state index contributed by atoms with van der Waals surface area (Å²) in [4.78, 5) is 14.2. The van der Waals surface area contributed by atoms with Gasteiger partial charge in [-0.3, -0.25) is 4.79 Å². The third-order valence-electron chi connectivity index (χ3n) is 3.07. The van der Waals surface area contributed by atoms with Crippen LogP contribution in [0.4, 0.5) is 0 Å². The van der Waals surface area contributed by atoms with Gasteiger partial charge in [0.25, 0.3) is 5.91 Å². The molecule has 0 aliphatic carbocycles. The van der Waals surface area contributed by atoms with E-state index in [0.29, 0.717) is 5.56 Å². The molecule has 0 aromatic heterocycles. The van der Waals surface area contributed by atoms with Crippen molar-refractivity contribution in [3.05, 3.63) is 29.3 Å². The van der Waals surface area contributed by atoms with Crippen LogP contribution in [0.15, 0.2) is 18.2 Å². The second kappa shape index (κ2) is 5.19. The van der Waals surface area contributed by atoms with Crippen LogP contribution in [-0.4, -0.2) is 42.1 Å². The van der Waals surface area contributed by atoms with Crippen molar-refractivity contribution in [2.45, 2.75) is 13.3 Å². The lowest BCUT2D eigenvalue weighted by Crippen LogP contribution is -2.34. The predicted octanol–water partition coefficient (Wildman–Crippen LogP) is 1.14. The highest BCUT2D eigenvalue weighted by Crippen LogP contribution is 2.17. The zero-order chi connectivity index (χ0) is 12.3. The molecule has 0 atom stereocenters. The molecule has 1 fully saturated rings. The summed E-state index contributed by atoms with van der Waals surface area (Å²) in [6.07, 6.45) is 0.989. The summed E-state index contributed by atoms with van der Waals surface area (Å²) in [5.74, 6) is 0.266. The molecule has 0 saturated carbocycles. The number of phenolic OH excluding ortho intramolecular Hbond substituents is 1. The van der Waals surface area contributed by atoms with Gasteiger partial charge in [0.1, 0.15) is 5.75 Å². The topological polar surface area (TPSA) is 52.6 Å². The Hall–Kier alpha value is -1.55. The SMILES string of the molecule is Cc1cc(O)ccc1C(=O)N1CCCNCC1. The molecular formula is C13H18N2O2. The van der Waals surface area contributed by atoms with Crippen molar-refractivity contribution in [1.82, 2.24) is 10.2 Å². The summed E-state index contributed by atoms with van der Waals surface area (Å²) in [7, 11) is 0. The molecule has 0 spiro atoms. The highest BCUT2D eigenvalue weighted by Gasteiger charge is 2.18. The van der Waals surface area contributed by atoms with E-state index < -0.39 is 0 Å². The van der Waals surface area contributed by atoms with E-state index in [0.717, 1.165) is 38.2 Å². The van der Waals surface area contributed by atoms with Crippen molar-refractivity contribution < 1.29 is 9.90 Å². The fourth-order valence-electron chi connectivity index (χ4n) is 2.11. The quantitative estimate of drug-likeness (QED) is 0.766. The van der Waals surface area contributed by atoms with Crippen LogP contribution in [-0.2, 0) is 0 Å². The minimum atomic E-state index is 0.0613. The Kier molecular flexibility index (Phi) is 3.64. The molecule has 1 aromatic rings. The molecule has 1 heterocycles. The summed E-state index contributed by atoms with van der Waals surface area (Å²) >= 11 is 0. The number of hydrogen-bond donors (Lipinski definition) is 2. The third-order valence-corrected chi connectivity index (χ3v) is 3.07. The van der Waals surface area contributed by atoms with E-state index in [1.807, 2.05) is 11.8 Å². The molecule has 2 N–H and O–H groups in total. The number of hydrogen-bond acceptors (Lipinski definition) is 3. The molecule has 4 nitrogen and oxygen atoms in total. The van der Waals surface area contributed by atoms with Gasteiger partial charge in [-0.05, 0) is 43.7 Å². The van der Waals surface area contributed by atoms with Gasteiger partial charge in [0.2, 0.25) is 0 Å². The van der Waals surface area contributed by atoms with E-state index in [2.05, 4.69) is 5.32 Å². The van der Waals surface area contributed by atoms with Gasteiger partial charge in [0.15, 0.2) is 0 Å². The van der Waals surface area contributed by atoms with E-state index >= 15 is 0 Å². The number of aromatic hydroxyl groups is 1. The van der Waals surface area contributed by atoms with E-state index in [1.165, 1.54) is 0 Å². The van der Waals surface area contributed by atoms with E-state index in [-0.39, 0.29) is 11.7 Å². The first-order valence-electron chi connectivity index (χ1n) is 5.98. The maximum Gasteiger partial charge on any atom is 0.254 e. The molecule has 0 unspecified atom stereocenters. The van der Waals surface area contributed by atoms with Crippen molar-refractivity contribution in [3.8, 4) is 5.75 Å². The van der Waals surface area contributed by atoms with Crippen LogP contribution in [0.1, 0.15) is 22.3 Å². The molecule has 1 aromatic carbocycles. The number of nitrogens with zero attached hydrogens (tertiary/aromatic N) is 1. The molecule has 0 bridgehead atoms. The Bertz CT molecular complexity index is 410. The van der Waals surface area contributed by atoms with E-state index in [4.69, 9.17) is 0 Å². The molecule has 1 aliphatic heterocycles. The Labute approximate surface area is 101 Å². The van der Waals surface area contributed by atoms with Crippen molar-refractivity contribution in [2.24, 2.45) is 0 Å². The highest BCUT2D eigenvalue weighted by atomic mass is 16.3. The smallest absolute Gasteiger partial charge is 0.254 e. The molecule has 17 heavy (non-hydrogen) atoms. The molecule has 0 radical (unpaired) electrons. The predicted molar refractivity (Wildman–Crippen MR) is 66.2 cm³/mol. The number of carbonyl (C=O) groups is 1. The average Bonchev–Trinajstić information content (AvgIpc) is 2.56. The summed E-state index contributed by atoms with van der Waals surface area (Å²) in [6, 6.07) is 4.89. The van der Waals surface area contributed by atoms with Crippen LogP contribution in [0.5, 0.6) is 5.75 Å². The highest BCUT2D eigenvalue weighted by molar-refractivity contribution is 5.95. The lowest BCUT2D eigenvalue weighted by molar-refractivity contribution is 0.0765. The zero-order valence-corrected chi connectivity index (χ0v) is 10.1. The van der Waals surface area contributed by atoms with Crippen molar-refractivity contribution >= 4 is 5.91 Å². The molecule has 2 rings (SSSR count). The second-order valence-electron chi connectivity index (χ2n) is 4.39. The third kappa shape index (κ3) is 2.77. The van der Waals surface area contributed by atoms with Gasteiger partial charge in [-0.25, -0.2) is 0 Å². The number of nitrogens with one attached hydrogen (secondary N) is 1. The first-order chi connectivity index (χ1) is 8.18. The summed E-state index contributed by atoms with van der Waals surface area (Å²) < 4.78 is 0. The second-order valence-corrected chi connectivity index (χ2v) is 4.39. The fourth-order valence-corrected chi connectivity index (χ4v) is 2.11. The maximum absolute atomic E-state index is 12.3. The van der Waals surface area contributed by atoms with Crippen LogP contribution in [0.25, 0.3) is 0 Å². The van der Waals surface area contributed by atoms with E-state index in [1.54, 1.807) is 18.2 Å². The summed E-state index contributed by atoms with van der Waals surface area (Å²) in [6.45, 7) is 5.22. The molecule has 92 valence electrons. The minimum absolute atomic E-state index is 0.0613. The lowest BCUT2D eigenvalue weighted by atomic mass is 10.1. The van der Waals surface area contributed by atoms with E-state index in [9.17, 15) is 9.90 Å². The molecular weight excluding hydrogens is 216 g/mol. The summed E-state index contributed by atoms with van der Waals surface area (Å²) in [5.41, 5.74) is 1.51. The van der Waals surface area contributed by atoms with Gasteiger partial charge < -0.3 is 15.3 Å². The number of carbonyl (C=O) groups excluding carboxylic acids is 1. The monoisotopic (exact) mass is 234 g/mol. The fraction of sp³-hybridized carbons (Fsp3) is 0.462. The normalized spacial score (nSPS) is 16.6. The van der Waals surface area contributed by atoms with Gasteiger partial charge in [-0.15, -0.1) is 0 Å². The van der Waals surface area contributed by atoms with Crippen molar-refractivity contribution in [2.75, 3.05) is 26.2 Å². The molecule has 4 heteroatoms.